The van der Waals surface area contributed by atoms with Crippen LogP contribution >= 0.6 is 0 Å². The number of nitrogens with zero attached hydrogens (tertiary/aromatic N) is 4. The SMILES string of the molecule is Cc1cc(C)c(-n2cc[n+](Cc3cccc(-c4ccccn4)n3)c2)c(C)c1. The monoisotopic (exact) mass is 355 g/mol. The molecule has 0 radical (unpaired) electrons. The summed E-state index contributed by atoms with van der Waals surface area (Å²) in [5.41, 5.74) is 7.92. The molecule has 4 nitrogen and oxygen atoms in total. The third kappa shape index (κ3) is 3.65. The Morgan fingerprint density at radius 1 is 0.926 bits per heavy atom. The Morgan fingerprint density at radius 2 is 1.70 bits per heavy atom. The number of aryl methyl sites for hydroxylation is 3. The van der Waals surface area contributed by atoms with E-state index < -0.39 is 0 Å². The van der Waals surface area contributed by atoms with E-state index in [0.717, 1.165) is 23.6 Å². The van der Waals surface area contributed by atoms with E-state index in [9.17, 15) is 0 Å². The molecule has 0 fully saturated rings. The quantitative estimate of drug-likeness (QED) is 0.514. The first-order valence-corrected chi connectivity index (χ1v) is 9.13. The van der Waals surface area contributed by atoms with Crippen molar-refractivity contribution in [1.29, 1.82) is 0 Å². The summed E-state index contributed by atoms with van der Waals surface area (Å²) >= 11 is 0. The molecule has 4 rings (SSSR count). The average Bonchev–Trinajstić information content (AvgIpc) is 3.10. The fraction of sp³-hybridized carbons (Fsp3) is 0.174. The fourth-order valence-corrected chi connectivity index (χ4v) is 3.61. The van der Waals surface area contributed by atoms with E-state index in [2.05, 4.69) is 71.8 Å². The molecule has 134 valence electrons. The van der Waals surface area contributed by atoms with Crippen LogP contribution < -0.4 is 4.57 Å². The number of imidazole rings is 1. The van der Waals surface area contributed by atoms with Gasteiger partial charge in [0.1, 0.15) is 24.6 Å². The van der Waals surface area contributed by atoms with Crippen molar-refractivity contribution in [2.75, 3.05) is 0 Å². The van der Waals surface area contributed by atoms with Crippen molar-refractivity contribution in [2.45, 2.75) is 27.3 Å². The van der Waals surface area contributed by atoms with Crippen LogP contribution in [0, 0.1) is 20.8 Å². The van der Waals surface area contributed by atoms with Crippen LogP contribution in [0.2, 0.25) is 0 Å². The van der Waals surface area contributed by atoms with Crippen LogP contribution in [-0.2, 0) is 6.54 Å². The Kier molecular flexibility index (Phi) is 4.55. The Labute approximate surface area is 159 Å². The van der Waals surface area contributed by atoms with Crippen LogP contribution in [0.3, 0.4) is 0 Å². The van der Waals surface area contributed by atoms with Gasteiger partial charge in [-0.1, -0.05) is 29.8 Å². The zero-order chi connectivity index (χ0) is 18.8. The van der Waals surface area contributed by atoms with Gasteiger partial charge in [-0.2, -0.15) is 0 Å². The summed E-state index contributed by atoms with van der Waals surface area (Å²) in [5, 5.41) is 0. The average molecular weight is 355 g/mol. The van der Waals surface area contributed by atoms with E-state index in [0.29, 0.717) is 0 Å². The third-order valence-corrected chi connectivity index (χ3v) is 4.66. The number of hydrogen-bond donors (Lipinski definition) is 0. The van der Waals surface area contributed by atoms with Crippen molar-refractivity contribution in [3.05, 3.63) is 95.8 Å². The van der Waals surface area contributed by atoms with Crippen LogP contribution in [0.1, 0.15) is 22.4 Å². The second-order valence-corrected chi connectivity index (χ2v) is 6.97. The molecule has 0 spiro atoms. The predicted molar refractivity (Wildman–Crippen MR) is 107 cm³/mol. The number of hydrogen-bond acceptors (Lipinski definition) is 2. The highest BCUT2D eigenvalue weighted by Crippen LogP contribution is 2.20. The minimum atomic E-state index is 0.720. The van der Waals surface area contributed by atoms with Crippen LogP contribution in [0.4, 0.5) is 0 Å². The van der Waals surface area contributed by atoms with Crippen molar-refractivity contribution in [2.24, 2.45) is 0 Å². The minimum absolute atomic E-state index is 0.720. The number of aromatic nitrogens is 4. The largest absolute Gasteiger partial charge is 0.255 e. The van der Waals surface area contributed by atoms with Crippen LogP contribution in [0.25, 0.3) is 17.1 Å². The van der Waals surface area contributed by atoms with Gasteiger partial charge in [-0.25, -0.2) is 14.1 Å². The van der Waals surface area contributed by atoms with Gasteiger partial charge in [0.25, 0.3) is 0 Å². The molecule has 3 aromatic heterocycles. The molecule has 0 aliphatic carbocycles. The maximum Gasteiger partial charge on any atom is 0.249 e. The topological polar surface area (TPSA) is 34.6 Å². The van der Waals surface area contributed by atoms with Gasteiger partial charge in [0.15, 0.2) is 0 Å². The van der Waals surface area contributed by atoms with Gasteiger partial charge in [0, 0.05) is 6.20 Å². The second kappa shape index (κ2) is 7.16. The molecule has 0 bridgehead atoms. The van der Waals surface area contributed by atoms with Crippen molar-refractivity contribution in [3.63, 3.8) is 0 Å². The predicted octanol–water partition coefficient (Wildman–Crippen LogP) is 4.20. The molecule has 0 unspecified atom stereocenters. The number of rotatable bonds is 4. The Balaban J connectivity index is 1.61. The summed E-state index contributed by atoms with van der Waals surface area (Å²) in [7, 11) is 0. The van der Waals surface area contributed by atoms with Gasteiger partial charge in [0.2, 0.25) is 6.33 Å². The van der Waals surface area contributed by atoms with Crippen molar-refractivity contribution in [1.82, 2.24) is 14.5 Å². The lowest BCUT2D eigenvalue weighted by molar-refractivity contribution is -0.688. The van der Waals surface area contributed by atoms with E-state index in [1.165, 1.54) is 22.4 Å². The Morgan fingerprint density at radius 3 is 2.44 bits per heavy atom. The van der Waals surface area contributed by atoms with E-state index in [1.54, 1.807) is 6.20 Å². The van der Waals surface area contributed by atoms with E-state index in [4.69, 9.17) is 4.98 Å². The first-order chi connectivity index (χ1) is 13.1. The smallest absolute Gasteiger partial charge is 0.249 e. The molecule has 4 aromatic rings. The zero-order valence-corrected chi connectivity index (χ0v) is 15.9. The van der Waals surface area contributed by atoms with Gasteiger partial charge in [-0.05, 0) is 56.2 Å². The molecule has 3 heterocycles. The normalized spacial score (nSPS) is 10.9. The summed E-state index contributed by atoms with van der Waals surface area (Å²) in [6.07, 6.45) is 8.12. The third-order valence-electron chi connectivity index (χ3n) is 4.66. The van der Waals surface area contributed by atoms with Gasteiger partial charge < -0.3 is 0 Å². The highest BCUT2D eigenvalue weighted by atomic mass is 15.1. The van der Waals surface area contributed by atoms with Crippen LogP contribution in [0.5, 0.6) is 0 Å². The lowest BCUT2D eigenvalue weighted by atomic mass is 10.1. The molecule has 1 aromatic carbocycles. The number of benzene rings is 1. The molecular formula is C23H23N4+. The van der Waals surface area contributed by atoms with Gasteiger partial charge >= 0.3 is 0 Å². The van der Waals surface area contributed by atoms with E-state index >= 15 is 0 Å². The molecule has 0 amide bonds. The summed E-state index contributed by atoms with van der Waals surface area (Å²) in [4.78, 5) is 9.17. The lowest BCUT2D eigenvalue weighted by Gasteiger charge is -2.07. The van der Waals surface area contributed by atoms with Crippen LogP contribution in [0.15, 0.2) is 73.4 Å². The highest BCUT2D eigenvalue weighted by molar-refractivity contribution is 5.53. The molecule has 0 aliphatic rings. The molecular weight excluding hydrogens is 332 g/mol. The molecule has 4 heteroatoms. The number of pyridine rings is 2. The van der Waals surface area contributed by atoms with Gasteiger partial charge in [-0.15, -0.1) is 0 Å². The highest BCUT2D eigenvalue weighted by Gasteiger charge is 2.13. The van der Waals surface area contributed by atoms with Crippen molar-refractivity contribution in [3.8, 4) is 17.1 Å². The molecule has 0 N–H and O–H groups in total. The summed E-state index contributed by atoms with van der Waals surface area (Å²) in [5.74, 6) is 0. The first-order valence-electron chi connectivity index (χ1n) is 9.13. The van der Waals surface area contributed by atoms with Crippen molar-refractivity contribution < 1.29 is 4.57 Å². The van der Waals surface area contributed by atoms with Crippen molar-refractivity contribution >= 4 is 0 Å². The van der Waals surface area contributed by atoms with E-state index in [-0.39, 0.29) is 0 Å². The summed E-state index contributed by atoms with van der Waals surface area (Å²) in [6.45, 7) is 7.19. The lowest BCUT2D eigenvalue weighted by Crippen LogP contribution is -2.32. The van der Waals surface area contributed by atoms with Crippen LogP contribution in [-0.4, -0.2) is 14.5 Å². The first kappa shape index (κ1) is 17.2. The maximum atomic E-state index is 4.77. The fourth-order valence-electron chi connectivity index (χ4n) is 3.61. The molecule has 0 saturated carbocycles. The molecule has 0 saturated heterocycles. The zero-order valence-electron chi connectivity index (χ0n) is 15.9. The van der Waals surface area contributed by atoms with Gasteiger partial charge in [0.05, 0.1) is 17.1 Å². The Hall–Kier alpha value is -3.27. The van der Waals surface area contributed by atoms with Gasteiger partial charge in [-0.3, -0.25) is 4.98 Å². The molecule has 27 heavy (non-hydrogen) atoms. The Bertz CT molecular complexity index is 1060. The molecule has 0 aliphatic heterocycles. The standard InChI is InChI=1S/C23H23N4/c1-17-13-18(2)23(19(3)14-17)27-12-11-26(16-27)15-20-7-6-9-22(25-20)21-8-4-5-10-24-21/h4-14,16H,15H2,1-3H3/q+1. The maximum absolute atomic E-state index is 4.77. The minimum Gasteiger partial charge on any atom is -0.255 e. The summed E-state index contributed by atoms with van der Waals surface area (Å²) in [6, 6.07) is 16.4. The summed E-state index contributed by atoms with van der Waals surface area (Å²) < 4.78 is 4.34. The molecule has 0 atom stereocenters. The van der Waals surface area contributed by atoms with E-state index in [1.807, 2.05) is 30.3 Å². The second-order valence-electron chi connectivity index (χ2n) is 6.97.